The number of amides is 4. The topological polar surface area (TPSA) is 75.7 Å². The van der Waals surface area contributed by atoms with E-state index in [1.807, 2.05) is 0 Å². The fraction of sp³-hybridized carbons (Fsp3) is 0.400. The number of ether oxygens (including phenoxy) is 1. The Labute approximate surface area is 123 Å². The molecule has 1 aliphatic rings. The number of hydrogen-bond donors (Lipinski definition) is 1. The second-order valence-corrected chi connectivity index (χ2v) is 5.25. The Bertz CT molecular complexity index is 583. The van der Waals surface area contributed by atoms with Gasteiger partial charge in [0.2, 0.25) is 11.8 Å². The van der Waals surface area contributed by atoms with Crippen molar-refractivity contribution in [1.82, 2.24) is 10.2 Å². The van der Waals surface area contributed by atoms with Crippen molar-refractivity contribution in [2.24, 2.45) is 11.8 Å². The van der Waals surface area contributed by atoms with Gasteiger partial charge in [0.25, 0.3) is 0 Å². The van der Waals surface area contributed by atoms with Crippen molar-refractivity contribution >= 4 is 17.8 Å². The van der Waals surface area contributed by atoms with Crippen LogP contribution >= 0.6 is 0 Å². The third-order valence-corrected chi connectivity index (χ3v) is 3.48. The van der Waals surface area contributed by atoms with Crippen molar-refractivity contribution in [3.63, 3.8) is 0 Å². The predicted octanol–water partition coefficient (Wildman–Crippen LogP) is 1.55. The van der Waals surface area contributed by atoms with Gasteiger partial charge in [-0.05, 0) is 12.0 Å². The molecule has 0 saturated carbocycles. The first-order valence-corrected chi connectivity index (χ1v) is 6.73. The summed E-state index contributed by atoms with van der Waals surface area (Å²) in [5.74, 6) is -1.42. The van der Waals surface area contributed by atoms with E-state index in [1.54, 1.807) is 38.1 Å². The Morgan fingerprint density at radius 2 is 1.90 bits per heavy atom. The van der Waals surface area contributed by atoms with E-state index in [0.29, 0.717) is 11.3 Å². The molecule has 0 aromatic heterocycles. The highest BCUT2D eigenvalue weighted by atomic mass is 16.5. The maximum atomic E-state index is 12.4. The van der Waals surface area contributed by atoms with E-state index in [1.165, 1.54) is 7.11 Å². The van der Waals surface area contributed by atoms with Gasteiger partial charge in [0.05, 0.1) is 13.7 Å². The Hall–Kier alpha value is -2.37. The zero-order valence-corrected chi connectivity index (χ0v) is 12.3. The van der Waals surface area contributed by atoms with E-state index in [2.05, 4.69) is 5.32 Å². The van der Waals surface area contributed by atoms with Crippen LogP contribution in [0.5, 0.6) is 5.75 Å². The lowest BCUT2D eigenvalue weighted by Gasteiger charge is -2.32. The highest BCUT2D eigenvalue weighted by Crippen LogP contribution is 2.24. The average molecular weight is 290 g/mol. The fourth-order valence-electron chi connectivity index (χ4n) is 2.37. The van der Waals surface area contributed by atoms with Crippen LogP contribution < -0.4 is 10.1 Å². The summed E-state index contributed by atoms with van der Waals surface area (Å²) >= 11 is 0. The molecule has 0 aliphatic carbocycles. The van der Waals surface area contributed by atoms with Gasteiger partial charge in [-0.2, -0.15) is 0 Å². The summed E-state index contributed by atoms with van der Waals surface area (Å²) in [5, 5.41) is 2.24. The number of methoxy groups -OCH3 is 1. The molecular weight excluding hydrogens is 272 g/mol. The summed E-state index contributed by atoms with van der Waals surface area (Å²) in [7, 11) is 1.53. The van der Waals surface area contributed by atoms with Crippen molar-refractivity contribution in [3.8, 4) is 5.75 Å². The molecule has 1 aliphatic heterocycles. The van der Waals surface area contributed by atoms with Gasteiger partial charge in [-0.1, -0.05) is 32.0 Å². The molecule has 1 saturated heterocycles. The molecule has 4 amide bonds. The molecule has 21 heavy (non-hydrogen) atoms. The predicted molar refractivity (Wildman–Crippen MR) is 75.4 cm³/mol. The number of nitrogens with one attached hydrogen (secondary N) is 1. The van der Waals surface area contributed by atoms with Crippen LogP contribution in [0.3, 0.4) is 0 Å². The lowest BCUT2D eigenvalue weighted by Crippen LogP contribution is -2.58. The van der Waals surface area contributed by atoms with Crippen LogP contribution in [0.2, 0.25) is 0 Å². The summed E-state index contributed by atoms with van der Waals surface area (Å²) in [4.78, 5) is 37.1. The number of imide groups is 2. The highest BCUT2D eigenvalue weighted by Gasteiger charge is 2.42. The number of benzene rings is 1. The van der Waals surface area contributed by atoms with Crippen molar-refractivity contribution in [3.05, 3.63) is 29.8 Å². The maximum absolute atomic E-state index is 12.4. The number of nitrogens with zero attached hydrogens (tertiary/aromatic N) is 1. The van der Waals surface area contributed by atoms with E-state index in [4.69, 9.17) is 4.74 Å². The molecule has 1 fully saturated rings. The lowest BCUT2D eigenvalue weighted by molar-refractivity contribution is -0.144. The lowest BCUT2D eigenvalue weighted by atomic mass is 9.92. The Balaban J connectivity index is 2.28. The molecule has 2 rings (SSSR count). The first kappa shape index (κ1) is 15.0. The minimum Gasteiger partial charge on any atom is -0.496 e. The van der Waals surface area contributed by atoms with E-state index in [0.717, 1.165) is 4.90 Å². The van der Waals surface area contributed by atoms with Gasteiger partial charge >= 0.3 is 6.03 Å². The number of hydrogen-bond acceptors (Lipinski definition) is 4. The molecule has 1 aromatic rings. The minimum absolute atomic E-state index is 0.0746. The summed E-state index contributed by atoms with van der Waals surface area (Å²) < 4.78 is 5.22. The van der Waals surface area contributed by atoms with E-state index in [9.17, 15) is 14.4 Å². The Morgan fingerprint density at radius 1 is 1.24 bits per heavy atom. The second-order valence-electron chi connectivity index (χ2n) is 5.25. The van der Waals surface area contributed by atoms with Gasteiger partial charge in [0.1, 0.15) is 11.7 Å². The number of carbonyl (C=O) groups excluding carboxylic acids is 3. The molecule has 6 heteroatoms. The van der Waals surface area contributed by atoms with Crippen LogP contribution in [0.1, 0.15) is 19.4 Å². The Morgan fingerprint density at radius 3 is 2.52 bits per heavy atom. The maximum Gasteiger partial charge on any atom is 0.331 e. The van der Waals surface area contributed by atoms with Crippen LogP contribution in [0.15, 0.2) is 24.3 Å². The van der Waals surface area contributed by atoms with E-state index >= 15 is 0 Å². The first-order valence-electron chi connectivity index (χ1n) is 6.73. The average Bonchev–Trinajstić information content (AvgIpc) is 2.43. The molecule has 0 radical (unpaired) electrons. The van der Waals surface area contributed by atoms with Crippen molar-refractivity contribution < 1.29 is 19.1 Å². The molecule has 1 heterocycles. The van der Waals surface area contributed by atoms with Gasteiger partial charge in [0.15, 0.2) is 0 Å². The van der Waals surface area contributed by atoms with Crippen molar-refractivity contribution in [1.29, 1.82) is 0 Å². The third-order valence-electron chi connectivity index (χ3n) is 3.48. The monoisotopic (exact) mass is 290 g/mol. The Kier molecular flexibility index (Phi) is 4.26. The molecule has 1 unspecified atom stereocenters. The number of rotatable bonds is 4. The fourth-order valence-corrected chi connectivity index (χ4v) is 2.37. The first-order chi connectivity index (χ1) is 9.95. The molecule has 0 spiro atoms. The SMILES string of the molecule is COc1ccccc1CN1C(=O)NC(=O)C(C(C)C)C1=O. The molecular formula is C15H18N2O4. The van der Waals surface area contributed by atoms with Crippen LogP contribution in [-0.4, -0.2) is 29.9 Å². The van der Waals surface area contributed by atoms with Crippen LogP contribution in [0.4, 0.5) is 4.79 Å². The van der Waals surface area contributed by atoms with Gasteiger partial charge in [-0.25, -0.2) is 4.79 Å². The normalized spacial score (nSPS) is 19.0. The second kappa shape index (κ2) is 5.95. The molecule has 112 valence electrons. The molecule has 0 bridgehead atoms. The zero-order chi connectivity index (χ0) is 15.6. The number of urea groups is 1. The van der Waals surface area contributed by atoms with Crippen LogP contribution in [0, 0.1) is 11.8 Å². The van der Waals surface area contributed by atoms with Gasteiger partial charge in [0, 0.05) is 5.56 Å². The molecule has 1 N–H and O–H groups in total. The number of barbiturate groups is 1. The van der Waals surface area contributed by atoms with Crippen molar-refractivity contribution in [2.45, 2.75) is 20.4 Å². The van der Waals surface area contributed by atoms with E-state index in [-0.39, 0.29) is 12.5 Å². The zero-order valence-electron chi connectivity index (χ0n) is 12.3. The standard InChI is InChI=1S/C15H18N2O4/c1-9(2)12-13(18)16-15(20)17(14(12)19)8-10-6-4-5-7-11(10)21-3/h4-7,9,12H,8H2,1-3H3,(H,16,18,20). The molecule has 1 aromatic carbocycles. The quantitative estimate of drug-likeness (QED) is 0.854. The van der Waals surface area contributed by atoms with Gasteiger partial charge < -0.3 is 4.74 Å². The summed E-state index contributed by atoms with van der Waals surface area (Å²) in [6.07, 6.45) is 0. The van der Waals surface area contributed by atoms with Crippen LogP contribution in [-0.2, 0) is 16.1 Å². The smallest absolute Gasteiger partial charge is 0.331 e. The number of carbonyl (C=O) groups is 3. The summed E-state index contributed by atoms with van der Waals surface area (Å²) in [5.41, 5.74) is 0.709. The minimum atomic E-state index is -0.836. The summed E-state index contributed by atoms with van der Waals surface area (Å²) in [6.45, 7) is 3.63. The summed E-state index contributed by atoms with van der Waals surface area (Å²) in [6, 6.07) is 6.45. The van der Waals surface area contributed by atoms with Gasteiger partial charge in [-0.15, -0.1) is 0 Å². The molecule has 6 nitrogen and oxygen atoms in total. The largest absolute Gasteiger partial charge is 0.496 e. The van der Waals surface area contributed by atoms with Crippen LogP contribution in [0.25, 0.3) is 0 Å². The highest BCUT2D eigenvalue weighted by molar-refractivity contribution is 6.16. The van der Waals surface area contributed by atoms with E-state index < -0.39 is 23.8 Å². The van der Waals surface area contributed by atoms with Crippen molar-refractivity contribution in [2.75, 3.05) is 7.11 Å². The third kappa shape index (κ3) is 2.89. The molecule has 1 atom stereocenters. The van der Waals surface area contributed by atoms with Gasteiger partial charge in [-0.3, -0.25) is 19.8 Å². The number of para-hydroxylation sites is 1.